The van der Waals surface area contributed by atoms with Gasteiger partial charge in [0.15, 0.2) is 0 Å². The number of rotatable bonds is 5. The van der Waals surface area contributed by atoms with Crippen molar-refractivity contribution < 1.29 is 4.79 Å². The second-order valence-electron chi connectivity index (χ2n) is 2.93. The lowest BCUT2D eigenvalue weighted by molar-refractivity contribution is -0.109. The van der Waals surface area contributed by atoms with Crippen molar-refractivity contribution in [3.63, 3.8) is 0 Å². The number of benzene rings is 1. The molecular formula is C12H19NO. The summed E-state index contributed by atoms with van der Waals surface area (Å²) < 4.78 is 0. The number of hydrogen-bond donors (Lipinski definition) is 1. The van der Waals surface area contributed by atoms with E-state index in [4.69, 9.17) is 0 Å². The van der Waals surface area contributed by atoms with E-state index in [0.717, 1.165) is 19.4 Å². The van der Waals surface area contributed by atoms with Gasteiger partial charge in [0.1, 0.15) is 0 Å². The van der Waals surface area contributed by atoms with Gasteiger partial charge in [0.25, 0.3) is 0 Å². The predicted molar refractivity (Wildman–Crippen MR) is 60.0 cm³/mol. The van der Waals surface area contributed by atoms with Crippen LogP contribution in [0.5, 0.6) is 0 Å². The van der Waals surface area contributed by atoms with Gasteiger partial charge in [0, 0.05) is 6.54 Å². The monoisotopic (exact) mass is 193 g/mol. The van der Waals surface area contributed by atoms with Crippen molar-refractivity contribution in [2.45, 2.75) is 26.2 Å². The molecule has 14 heavy (non-hydrogen) atoms. The van der Waals surface area contributed by atoms with Gasteiger partial charge in [0.2, 0.25) is 6.41 Å². The largest absolute Gasteiger partial charge is 0.359 e. The molecule has 0 saturated heterocycles. The third kappa shape index (κ3) is 10.7. The van der Waals surface area contributed by atoms with Gasteiger partial charge in [-0.2, -0.15) is 0 Å². The average Bonchev–Trinajstić information content (AvgIpc) is 2.28. The van der Waals surface area contributed by atoms with E-state index in [1.165, 1.54) is 12.8 Å². The summed E-state index contributed by atoms with van der Waals surface area (Å²) in [4.78, 5) is 9.66. The van der Waals surface area contributed by atoms with Gasteiger partial charge in [-0.25, -0.2) is 0 Å². The first-order valence-corrected chi connectivity index (χ1v) is 5.09. The first kappa shape index (κ1) is 12.7. The number of carbonyl (C=O) groups is 1. The molecule has 1 amide bonds. The Balaban J connectivity index is 0.000000249. The lowest BCUT2D eigenvalue weighted by Gasteiger charge is -1.93. The van der Waals surface area contributed by atoms with E-state index >= 15 is 0 Å². The van der Waals surface area contributed by atoms with Crippen LogP contribution in [-0.2, 0) is 4.79 Å². The van der Waals surface area contributed by atoms with Crippen molar-refractivity contribution in [3.05, 3.63) is 36.4 Å². The Bertz CT molecular complexity index is 172. The molecule has 0 saturated carbocycles. The molecule has 1 aromatic carbocycles. The number of nitrogens with one attached hydrogen (secondary N) is 1. The summed E-state index contributed by atoms with van der Waals surface area (Å²) in [5.41, 5.74) is 0. The van der Waals surface area contributed by atoms with Gasteiger partial charge in [-0.05, 0) is 6.42 Å². The smallest absolute Gasteiger partial charge is 0.207 e. The highest BCUT2D eigenvalue weighted by molar-refractivity contribution is 5.45. The lowest BCUT2D eigenvalue weighted by Crippen LogP contribution is -2.11. The standard InChI is InChI=1S/C6H13NO.C6H6/c1-2-3-4-5-7-6-8;1-2-4-6-5-3-1/h6H,2-5H2,1H3,(H,7,8);1-6H. The number of amides is 1. The average molecular weight is 193 g/mol. The van der Waals surface area contributed by atoms with Gasteiger partial charge in [-0.15, -0.1) is 0 Å². The third-order valence-electron chi connectivity index (χ3n) is 1.67. The first-order chi connectivity index (χ1) is 6.91. The molecule has 0 bridgehead atoms. The molecule has 0 aliphatic rings. The van der Waals surface area contributed by atoms with Gasteiger partial charge in [0.05, 0.1) is 0 Å². The molecule has 0 aromatic heterocycles. The second kappa shape index (κ2) is 11.7. The Morgan fingerprint density at radius 1 is 1.00 bits per heavy atom. The summed E-state index contributed by atoms with van der Waals surface area (Å²) in [6, 6.07) is 12.0. The van der Waals surface area contributed by atoms with Crippen molar-refractivity contribution >= 4 is 6.41 Å². The molecule has 0 unspecified atom stereocenters. The van der Waals surface area contributed by atoms with Crippen LogP contribution in [0.1, 0.15) is 26.2 Å². The van der Waals surface area contributed by atoms with E-state index in [-0.39, 0.29) is 0 Å². The highest BCUT2D eigenvalue weighted by atomic mass is 16.1. The maximum atomic E-state index is 9.66. The van der Waals surface area contributed by atoms with Crippen LogP contribution in [0.3, 0.4) is 0 Å². The molecular weight excluding hydrogens is 174 g/mol. The van der Waals surface area contributed by atoms with E-state index in [9.17, 15) is 4.79 Å². The SMILES string of the molecule is CCCCCNC=O.c1ccccc1. The van der Waals surface area contributed by atoms with Gasteiger partial charge in [-0.1, -0.05) is 56.2 Å². The molecule has 1 rings (SSSR count). The fourth-order valence-electron chi connectivity index (χ4n) is 0.921. The van der Waals surface area contributed by atoms with Gasteiger partial charge < -0.3 is 5.32 Å². The van der Waals surface area contributed by atoms with Crippen LogP contribution in [0.15, 0.2) is 36.4 Å². The van der Waals surface area contributed by atoms with Crippen molar-refractivity contribution in [1.29, 1.82) is 0 Å². The fraction of sp³-hybridized carbons (Fsp3) is 0.417. The quantitative estimate of drug-likeness (QED) is 0.565. The normalized spacial score (nSPS) is 8.36. The minimum absolute atomic E-state index is 0.746. The highest BCUT2D eigenvalue weighted by Gasteiger charge is 1.81. The fourth-order valence-corrected chi connectivity index (χ4v) is 0.921. The van der Waals surface area contributed by atoms with Crippen LogP contribution in [-0.4, -0.2) is 13.0 Å². The topological polar surface area (TPSA) is 29.1 Å². The van der Waals surface area contributed by atoms with E-state index in [1.54, 1.807) is 0 Å². The van der Waals surface area contributed by atoms with E-state index in [0.29, 0.717) is 0 Å². The zero-order chi connectivity index (χ0) is 10.5. The highest BCUT2D eigenvalue weighted by Crippen LogP contribution is 1.89. The molecule has 2 nitrogen and oxygen atoms in total. The van der Waals surface area contributed by atoms with Crippen LogP contribution >= 0.6 is 0 Å². The molecule has 2 heteroatoms. The Labute approximate surface area is 86.3 Å². The number of unbranched alkanes of at least 4 members (excludes halogenated alkanes) is 2. The predicted octanol–water partition coefficient (Wildman–Crippen LogP) is 2.61. The van der Waals surface area contributed by atoms with Crippen LogP contribution in [0.25, 0.3) is 0 Å². The Kier molecular flexibility index (Phi) is 10.6. The molecule has 0 spiro atoms. The third-order valence-corrected chi connectivity index (χ3v) is 1.67. The lowest BCUT2D eigenvalue weighted by atomic mass is 10.2. The second-order valence-corrected chi connectivity index (χ2v) is 2.93. The molecule has 0 aliphatic heterocycles. The summed E-state index contributed by atoms with van der Waals surface area (Å²) >= 11 is 0. The molecule has 0 radical (unpaired) electrons. The summed E-state index contributed by atoms with van der Waals surface area (Å²) in [7, 11) is 0. The van der Waals surface area contributed by atoms with E-state index in [1.807, 2.05) is 36.4 Å². The Hall–Kier alpha value is -1.31. The summed E-state index contributed by atoms with van der Waals surface area (Å²) in [6.45, 7) is 2.97. The number of hydrogen-bond acceptors (Lipinski definition) is 1. The first-order valence-electron chi connectivity index (χ1n) is 5.09. The van der Waals surface area contributed by atoms with Gasteiger partial charge >= 0.3 is 0 Å². The summed E-state index contributed by atoms with van der Waals surface area (Å²) in [5, 5.41) is 2.60. The van der Waals surface area contributed by atoms with Crippen LogP contribution in [0.4, 0.5) is 0 Å². The summed E-state index contributed by atoms with van der Waals surface area (Å²) in [6.07, 6.45) is 4.27. The maximum absolute atomic E-state index is 9.66. The molecule has 78 valence electrons. The Morgan fingerprint density at radius 2 is 1.50 bits per heavy atom. The van der Waals surface area contributed by atoms with E-state index in [2.05, 4.69) is 12.2 Å². The van der Waals surface area contributed by atoms with Crippen molar-refractivity contribution in [2.24, 2.45) is 0 Å². The maximum Gasteiger partial charge on any atom is 0.207 e. The molecule has 0 atom stereocenters. The zero-order valence-corrected chi connectivity index (χ0v) is 8.78. The molecule has 0 heterocycles. The minimum atomic E-state index is 0.746. The summed E-state index contributed by atoms with van der Waals surface area (Å²) in [5.74, 6) is 0. The zero-order valence-electron chi connectivity index (χ0n) is 8.78. The van der Waals surface area contributed by atoms with Crippen molar-refractivity contribution in [1.82, 2.24) is 5.32 Å². The van der Waals surface area contributed by atoms with Crippen LogP contribution < -0.4 is 5.32 Å². The van der Waals surface area contributed by atoms with E-state index < -0.39 is 0 Å². The number of carbonyl (C=O) groups excluding carboxylic acids is 1. The molecule has 1 aromatic rings. The molecule has 0 fully saturated rings. The Morgan fingerprint density at radius 3 is 1.86 bits per heavy atom. The minimum Gasteiger partial charge on any atom is -0.359 e. The molecule has 1 N–H and O–H groups in total. The van der Waals surface area contributed by atoms with Gasteiger partial charge in [-0.3, -0.25) is 4.79 Å². The molecule has 0 aliphatic carbocycles. The van der Waals surface area contributed by atoms with Crippen molar-refractivity contribution in [3.8, 4) is 0 Å². The van der Waals surface area contributed by atoms with Crippen LogP contribution in [0, 0.1) is 0 Å². The van der Waals surface area contributed by atoms with Crippen molar-refractivity contribution in [2.75, 3.05) is 6.54 Å². The van der Waals surface area contributed by atoms with Crippen LogP contribution in [0.2, 0.25) is 0 Å².